The number of carboxylic acids is 1. The molecule has 1 aliphatic heterocycles. The smallest absolute Gasteiger partial charge is 0.335 e. The minimum atomic E-state index is -1.64. The van der Waals surface area contributed by atoms with Gasteiger partial charge in [-0.1, -0.05) is 0 Å². The van der Waals surface area contributed by atoms with Crippen LogP contribution < -0.4 is 0 Å². The zero-order chi connectivity index (χ0) is 8.48. The summed E-state index contributed by atoms with van der Waals surface area (Å²) in [7, 11) is 0. The van der Waals surface area contributed by atoms with Gasteiger partial charge >= 0.3 is 5.97 Å². The molecule has 5 heteroatoms. The van der Waals surface area contributed by atoms with Crippen molar-refractivity contribution in [2.45, 2.75) is 18.1 Å². The van der Waals surface area contributed by atoms with E-state index in [1.54, 1.807) is 0 Å². The van der Waals surface area contributed by atoms with E-state index in [2.05, 4.69) is 0 Å². The average Bonchev–Trinajstić information content (AvgIpc) is 2.35. The summed E-state index contributed by atoms with van der Waals surface area (Å²) in [6.07, 6.45) is -1.29. The molecule has 0 amide bonds. The van der Waals surface area contributed by atoms with E-state index in [0.717, 1.165) is 0 Å². The molecule has 0 bridgehead atoms. The number of thioether (sulfide) groups is 1. The second-order valence-corrected chi connectivity index (χ2v) is 3.75. The fourth-order valence-corrected chi connectivity index (χ4v) is 2.31. The summed E-state index contributed by atoms with van der Waals surface area (Å²) in [5.74, 6) is -0.337. The molecule has 4 nitrogen and oxygen atoms in total. The van der Waals surface area contributed by atoms with Gasteiger partial charge in [0, 0.05) is 5.75 Å². The highest BCUT2D eigenvalue weighted by Crippen LogP contribution is 2.30. The first-order valence-electron chi connectivity index (χ1n) is 3.27. The Labute approximate surface area is 68.2 Å². The highest BCUT2D eigenvalue weighted by molar-refractivity contribution is 7.99. The van der Waals surface area contributed by atoms with Crippen molar-refractivity contribution in [2.75, 3.05) is 11.5 Å². The van der Waals surface area contributed by atoms with E-state index in [4.69, 9.17) is 10.2 Å². The maximum Gasteiger partial charge on any atom is 0.335 e. The van der Waals surface area contributed by atoms with Gasteiger partial charge in [-0.3, -0.25) is 0 Å². The summed E-state index contributed by atoms with van der Waals surface area (Å²) in [4.78, 5) is 10.3. The average molecular weight is 178 g/mol. The van der Waals surface area contributed by atoms with Crippen LogP contribution in [0.2, 0.25) is 0 Å². The number of carboxylic acid groups (broad SMARTS) is 1. The van der Waals surface area contributed by atoms with Crippen LogP contribution in [-0.4, -0.2) is 44.5 Å². The predicted octanol–water partition coefficient (Wildman–Crippen LogP) is -0.700. The molecule has 3 N–H and O–H groups in total. The van der Waals surface area contributed by atoms with Crippen molar-refractivity contribution in [1.82, 2.24) is 0 Å². The first-order valence-corrected chi connectivity index (χ1v) is 4.43. The van der Waals surface area contributed by atoms with Crippen molar-refractivity contribution < 1.29 is 20.1 Å². The molecule has 0 spiro atoms. The molecule has 11 heavy (non-hydrogen) atoms. The van der Waals surface area contributed by atoms with Crippen LogP contribution in [0.4, 0.5) is 0 Å². The van der Waals surface area contributed by atoms with Gasteiger partial charge in [-0.05, 0) is 12.2 Å². The van der Waals surface area contributed by atoms with Gasteiger partial charge in [0.05, 0.1) is 0 Å². The molecule has 1 heterocycles. The topological polar surface area (TPSA) is 77.8 Å². The molecule has 0 aromatic rings. The summed E-state index contributed by atoms with van der Waals surface area (Å²) in [6, 6.07) is 0. The largest absolute Gasteiger partial charge is 0.479 e. The molecule has 64 valence electrons. The summed E-state index contributed by atoms with van der Waals surface area (Å²) in [5, 5.41) is 26.9. The zero-order valence-electron chi connectivity index (χ0n) is 5.86. The van der Waals surface area contributed by atoms with Gasteiger partial charge in [0.25, 0.3) is 0 Å². The number of rotatable bonds is 2. The summed E-state index contributed by atoms with van der Waals surface area (Å²) >= 11 is 1.45. The minimum absolute atomic E-state index is 0.306. The van der Waals surface area contributed by atoms with Crippen molar-refractivity contribution in [2.24, 2.45) is 0 Å². The second kappa shape index (κ2) is 3.00. The maximum absolute atomic E-state index is 10.3. The lowest BCUT2D eigenvalue weighted by molar-refractivity contribution is -0.160. The lowest BCUT2D eigenvalue weighted by atomic mass is 9.96. The Kier molecular flexibility index (Phi) is 2.41. The van der Waals surface area contributed by atoms with Crippen molar-refractivity contribution >= 4 is 17.7 Å². The third-order valence-electron chi connectivity index (χ3n) is 1.77. The minimum Gasteiger partial charge on any atom is -0.479 e. The Hall–Kier alpha value is -0.260. The van der Waals surface area contributed by atoms with E-state index < -0.39 is 17.7 Å². The lowest BCUT2D eigenvalue weighted by Gasteiger charge is -2.23. The fraction of sp³-hybridized carbons (Fsp3) is 0.833. The van der Waals surface area contributed by atoms with Crippen LogP contribution in [0.5, 0.6) is 0 Å². The molecule has 1 fully saturated rings. The monoisotopic (exact) mass is 178 g/mol. The zero-order valence-corrected chi connectivity index (χ0v) is 6.67. The first-order chi connectivity index (χ1) is 5.06. The van der Waals surface area contributed by atoms with Crippen LogP contribution in [0.1, 0.15) is 6.42 Å². The van der Waals surface area contributed by atoms with E-state index >= 15 is 0 Å². The molecular formula is C6H10O4S. The molecule has 2 atom stereocenters. The SMILES string of the molecule is O=C(O)C(O)C1(O)CCSC1. The van der Waals surface area contributed by atoms with E-state index in [-0.39, 0.29) is 0 Å². The second-order valence-electron chi connectivity index (χ2n) is 2.65. The maximum atomic E-state index is 10.3. The number of aliphatic hydroxyl groups excluding tert-OH is 1. The van der Waals surface area contributed by atoms with Gasteiger partial charge in [-0.25, -0.2) is 4.79 Å². The highest BCUT2D eigenvalue weighted by atomic mass is 32.2. The van der Waals surface area contributed by atoms with E-state index in [9.17, 15) is 9.90 Å². The quantitative estimate of drug-likeness (QED) is 0.521. The van der Waals surface area contributed by atoms with Gasteiger partial charge < -0.3 is 15.3 Å². The number of hydrogen-bond donors (Lipinski definition) is 3. The first kappa shape index (κ1) is 8.83. The molecule has 2 unspecified atom stereocenters. The van der Waals surface area contributed by atoms with Crippen LogP contribution >= 0.6 is 11.8 Å². The van der Waals surface area contributed by atoms with Crippen molar-refractivity contribution in [3.8, 4) is 0 Å². The number of carbonyl (C=O) groups is 1. The van der Waals surface area contributed by atoms with Crippen molar-refractivity contribution in [1.29, 1.82) is 0 Å². The molecule has 0 saturated carbocycles. The Morgan fingerprint density at radius 1 is 1.64 bits per heavy atom. The number of hydrogen-bond acceptors (Lipinski definition) is 4. The Morgan fingerprint density at radius 2 is 2.27 bits per heavy atom. The van der Waals surface area contributed by atoms with Crippen LogP contribution in [0.3, 0.4) is 0 Å². The van der Waals surface area contributed by atoms with Gasteiger partial charge in [0.2, 0.25) is 0 Å². The van der Waals surface area contributed by atoms with Gasteiger partial charge in [-0.2, -0.15) is 11.8 Å². The van der Waals surface area contributed by atoms with Gasteiger partial charge in [-0.15, -0.1) is 0 Å². The molecular weight excluding hydrogens is 168 g/mol. The van der Waals surface area contributed by atoms with Crippen LogP contribution in [0.25, 0.3) is 0 Å². The lowest BCUT2D eigenvalue weighted by Crippen LogP contribution is -2.47. The Morgan fingerprint density at radius 3 is 2.64 bits per heavy atom. The van der Waals surface area contributed by atoms with Crippen molar-refractivity contribution in [3.05, 3.63) is 0 Å². The van der Waals surface area contributed by atoms with Crippen LogP contribution in [0, 0.1) is 0 Å². The fourth-order valence-electron chi connectivity index (χ4n) is 1.02. The molecule has 0 aromatic carbocycles. The Balaban J connectivity index is 2.63. The molecule has 1 aliphatic rings. The predicted molar refractivity (Wildman–Crippen MR) is 40.5 cm³/mol. The Bertz CT molecular complexity index is 164. The standard InChI is InChI=1S/C6H10O4S/c7-4(5(8)9)6(10)1-2-11-3-6/h4,7,10H,1-3H2,(H,8,9). The van der Waals surface area contributed by atoms with Crippen LogP contribution in [-0.2, 0) is 4.79 Å². The van der Waals surface area contributed by atoms with E-state index in [1.807, 2.05) is 0 Å². The number of aliphatic hydroxyl groups is 2. The van der Waals surface area contributed by atoms with Gasteiger partial charge in [0.1, 0.15) is 5.60 Å². The summed E-state index contributed by atoms with van der Waals surface area (Å²) in [6.45, 7) is 0. The molecule has 1 rings (SSSR count). The summed E-state index contributed by atoms with van der Waals surface area (Å²) < 4.78 is 0. The van der Waals surface area contributed by atoms with Crippen molar-refractivity contribution in [3.63, 3.8) is 0 Å². The molecule has 0 aromatic heterocycles. The van der Waals surface area contributed by atoms with Crippen LogP contribution in [0.15, 0.2) is 0 Å². The summed E-state index contributed by atoms with van der Waals surface area (Å²) in [5.41, 5.74) is -1.41. The van der Waals surface area contributed by atoms with Gasteiger partial charge in [0.15, 0.2) is 6.10 Å². The highest BCUT2D eigenvalue weighted by Gasteiger charge is 2.43. The molecule has 1 saturated heterocycles. The third kappa shape index (κ3) is 1.66. The molecule has 0 aliphatic carbocycles. The van der Waals surface area contributed by atoms with E-state index in [0.29, 0.717) is 17.9 Å². The normalized spacial score (nSPS) is 33.6. The van der Waals surface area contributed by atoms with E-state index in [1.165, 1.54) is 11.8 Å². The number of aliphatic carboxylic acids is 1. The third-order valence-corrected chi connectivity index (χ3v) is 2.97. The molecule has 0 radical (unpaired) electrons.